The smallest absolute Gasteiger partial charge is 0.326 e. The number of nitrogens with one attached hydrogen (secondary N) is 1. The quantitative estimate of drug-likeness (QED) is 0.621. The van der Waals surface area contributed by atoms with Gasteiger partial charge in [0.05, 0.1) is 10.0 Å². The minimum Gasteiger partial charge on any atom is -0.459 e. The molecular weight excluding hydrogens is 379 g/mol. The molecule has 1 aliphatic carbocycles. The second-order valence-electron chi connectivity index (χ2n) is 6.85. The molecule has 0 unspecified atom stereocenters. The lowest BCUT2D eigenvalue weighted by Crippen LogP contribution is -2.54. The van der Waals surface area contributed by atoms with E-state index < -0.39 is 24.1 Å². The minimum absolute atomic E-state index is 0.0130. The number of halogens is 2. The molecule has 1 saturated carbocycles. The Morgan fingerprint density at radius 3 is 2.77 bits per heavy atom. The highest BCUT2D eigenvalue weighted by molar-refractivity contribution is 6.42. The van der Waals surface area contributed by atoms with E-state index in [4.69, 9.17) is 27.9 Å². The molecule has 1 heterocycles. The van der Waals surface area contributed by atoms with Crippen molar-refractivity contribution in [2.75, 3.05) is 6.54 Å². The molecule has 2 atom stereocenters. The molecule has 0 radical (unpaired) electrons. The summed E-state index contributed by atoms with van der Waals surface area (Å²) in [6, 6.07) is 4.37. The summed E-state index contributed by atoms with van der Waals surface area (Å²) in [6.07, 6.45) is 3.40. The lowest BCUT2D eigenvalue weighted by molar-refractivity contribution is -0.149. The van der Waals surface area contributed by atoms with Crippen molar-refractivity contribution >= 4 is 41.1 Å². The van der Waals surface area contributed by atoms with Gasteiger partial charge in [-0.3, -0.25) is 14.5 Å². The van der Waals surface area contributed by atoms with Gasteiger partial charge in [-0.15, -0.1) is 0 Å². The number of hydrogen-bond donors (Lipinski definition) is 1. The highest BCUT2D eigenvalue weighted by Crippen LogP contribution is 2.38. The van der Waals surface area contributed by atoms with Crippen molar-refractivity contribution in [3.63, 3.8) is 0 Å². The van der Waals surface area contributed by atoms with Gasteiger partial charge in [0, 0.05) is 0 Å². The summed E-state index contributed by atoms with van der Waals surface area (Å²) in [4.78, 5) is 38.1. The second-order valence-corrected chi connectivity index (χ2v) is 7.66. The zero-order valence-electron chi connectivity index (χ0n) is 14.4. The molecule has 1 aromatic rings. The average molecular weight is 399 g/mol. The molecule has 3 amide bonds. The summed E-state index contributed by atoms with van der Waals surface area (Å²) in [5.41, 5.74) is -0.207. The van der Waals surface area contributed by atoms with Gasteiger partial charge in [0.15, 0.2) is 0 Å². The third kappa shape index (κ3) is 3.53. The maximum Gasteiger partial charge on any atom is 0.326 e. The lowest BCUT2D eigenvalue weighted by atomic mass is 9.73. The van der Waals surface area contributed by atoms with Crippen LogP contribution in [0.5, 0.6) is 0 Å². The zero-order chi connectivity index (χ0) is 18.9. The van der Waals surface area contributed by atoms with Crippen molar-refractivity contribution < 1.29 is 19.1 Å². The van der Waals surface area contributed by atoms with Gasteiger partial charge in [0.1, 0.15) is 18.7 Å². The van der Waals surface area contributed by atoms with E-state index in [9.17, 15) is 14.4 Å². The summed E-state index contributed by atoms with van der Waals surface area (Å²) >= 11 is 11.8. The first-order valence-electron chi connectivity index (χ1n) is 8.57. The Morgan fingerprint density at radius 2 is 2.08 bits per heavy atom. The molecule has 0 aromatic heterocycles. The number of urea groups is 1. The van der Waals surface area contributed by atoms with Crippen LogP contribution in [0.3, 0.4) is 0 Å². The zero-order valence-corrected chi connectivity index (χ0v) is 15.9. The molecular formula is C18H20Cl2N2O4. The molecule has 1 aromatic carbocycles. The Balaban J connectivity index is 1.61. The Bertz CT molecular complexity index is 755. The molecule has 26 heavy (non-hydrogen) atoms. The van der Waals surface area contributed by atoms with Crippen LogP contribution in [-0.4, -0.2) is 34.9 Å². The number of hydrogen-bond acceptors (Lipinski definition) is 4. The standard InChI is InChI=1S/C18H20Cl2N2O4/c1-11-4-2-3-7-18(11)16(24)22(17(25)21-18)9-15(23)26-10-12-5-6-13(19)14(20)8-12/h5-6,8,11H,2-4,7,9-10H2,1H3,(H,21,25)/t11-,18-/m1/s1. The summed E-state index contributed by atoms with van der Waals surface area (Å²) in [5, 5.41) is 3.58. The molecule has 1 aliphatic heterocycles. The van der Waals surface area contributed by atoms with E-state index in [-0.39, 0.29) is 18.4 Å². The fourth-order valence-corrected chi connectivity index (χ4v) is 3.93. The van der Waals surface area contributed by atoms with Crippen molar-refractivity contribution in [3.8, 4) is 0 Å². The molecule has 0 bridgehead atoms. The number of nitrogens with zero attached hydrogens (tertiary/aromatic N) is 1. The first-order valence-corrected chi connectivity index (χ1v) is 9.33. The van der Waals surface area contributed by atoms with E-state index in [0.29, 0.717) is 22.0 Å². The lowest BCUT2D eigenvalue weighted by Gasteiger charge is -2.36. The van der Waals surface area contributed by atoms with Crippen LogP contribution in [0.25, 0.3) is 0 Å². The minimum atomic E-state index is -0.876. The number of imide groups is 1. The van der Waals surface area contributed by atoms with Crippen molar-refractivity contribution in [1.82, 2.24) is 10.2 Å². The van der Waals surface area contributed by atoms with Crippen molar-refractivity contribution in [1.29, 1.82) is 0 Å². The van der Waals surface area contributed by atoms with Crippen LogP contribution in [0, 0.1) is 5.92 Å². The predicted octanol–water partition coefficient (Wildman–Crippen LogP) is 3.54. The summed E-state index contributed by atoms with van der Waals surface area (Å²) < 4.78 is 5.17. The van der Waals surface area contributed by atoms with Gasteiger partial charge in [-0.1, -0.05) is 49.0 Å². The SMILES string of the molecule is C[C@@H]1CCCC[C@@]12NC(=O)N(CC(=O)OCc1ccc(Cl)c(Cl)c1)C2=O. The molecule has 1 spiro atoms. The summed E-state index contributed by atoms with van der Waals surface area (Å²) in [5.74, 6) is -0.939. The van der Waals surface area contributed by atoms with Crippen LogP contribution in [0.4, 0.5) is 4.79 Å². The predicted molar refractivity (Wildman–Crippen MR) is 96.9 cm³/mol. The second kappa shape index (κ2) is 7.45. The van der Waals surface area contributed by atoms with Gasteiger partial charge in [-0.2, -0.15) is 0 Å². The van der Waals surface area contributed by atoms with Gasteiger partial charge in [0.2, 0.25) is 0 Å². The first-order chi connectivity index (χ1) is 12.3. The fraction of sp³-hybridized carbons (Fsp3) is 0.500. The van der Waals surface area contributed by atoms with Crippen molar-refractivity contribution in [2.45, 2.75) is 44.8 Å². The number of carbonyl (C=O) groups excluding carboxylic acids is 3. The number of esters is 1. The first kappa shape index (κ1) is 19.0. The number of amides is 3. The topological polar surface area (TPSA) is 75.7 Å². The maximum atomic E-state index is 12.8. The van der Waals surface area contributed by atoms with Crippen LogP contribution in [0.1, 0.15) is 38.2 Å². The number of carbonyl (C=O) groups is 3. The van der Waals surface area contributed by atoms with Crippen molar-refractivity contribution in [2.24, 2.45) is 5.92 Å². The fourth-order valence-electron chi connectivity index (χ4n) is 3.61. The molecule has 1 saturated heterocycles. The monoisotopic (exact) mass is 398 g/mol. The van der Waals surface area contributed by atoms with E-state index >= 15 is 0 Å². The average Bonchev–Trinajstić information content (AvgIpc) is 2.84. The summed E-state index contributed by atoms with van der Waals surface area (Å²) in [6.45, 7) is 1.55. The van der Waals surface area contributed by atoms with E-state index in [2.05, 4.69) is 5.32 Å². The number of benzene rings is 1. The van der Waals surface area contributed by atoms with Crippen molar-refractivity contribution in [3.05, 3.63) is 33.8 Å². The third-order valence-electron chi connectivity index (χ3n) is 5.17. The van der Waals surface area contributed by atoms with Crippen LogP contribution in [0.2, 0.25) is 10.0 Å². The molecule has 1 N–H and O–H groups in total. The van der Waals surface area contributed by atoms with E-state index in [1.807, 2.05) is 6.92 Å². The van der Waals surface area contributed by atoms with Crippen LogP contribution < -0.4 is 5.32 Å². The Kier molecular flexibility index (Phi) is 5.44. The molecule has 3 rings (SSSR count). The highest BCUT2D eigenvalue weighted by atomic mass is 35.5. The van der Waals surface area contributed by atoms with E-state index in [1.165, 1.54) is 0 Å². The highest BCUT2D eigenvalue weighted by Gasteiger charge is 2.55. The number of rotatable bonds is 4. The van der Waals surface area contributed by atoms with Gasteiger partial charge < -0.3 is 10.1 Å². The Labute approximate surface area is 161 Å². The molecule has 2 aliphatic rings. The van der Waals surface area contributed by atoms with E-state index in [0.717, 1.165) is 24.2 Å². The van der Waals surface area contributed by atoms with Gasteiger partial charge in [0.25, 0.3) is 5.91 Å². The van der Waals surface area contributed by atoms with E-state index in [1.54, 1.807) is 18.2 Å². The van der Waals surface area contributed by atoms with Gasteiger partial charge >= 0.3 is 12.0 Å². The molecule has 6 nitrogen and oxygen atoms in total. The maximum absolute atomic E-state index is 12.8. The summed E-state index contributed by atoms with van der Waals surface area (Å²) in [7, 11) is 0. The Hall–Kier alpha value is -1.79. The van der Waals surface area contributed by atoms with Gasteiger partial charge in [-0.25, -0.2) is 4.79 Å². The molecule has 2 fully saturated rings. The number of ether oxygens (including phenoxy) is 1. The van der Waals surface area contributed by atoms with Crippen LogP contribution in [-0.2, 0) is 20.9 Å². The molecule has 140 valence electrons. The van der Waals surface area contributed by atoms with Crippen LogP contribution in [0.15, 0.2) is 18.2 Å². The third-order valence-corrected chi connectivity index (χ3v) is 5.91. The normalized spacial score (nSPS) is 25.5. The van der Waals surface area contributed by atoms with Gasteiger partial charge in [-0.05, 0) is 36.5 Å². The molecule has 8 heteroatoms. The Morgan fingerprint density at radius 1 is 1.31 bits per heavy atom. The van der Waals surface area contributed by atoms with Crippen LogP contribution >= 0.6 is 23.2 Å². The largest absolute Gasteiger partial charge is 0.459 e.